The molecule has 47 heavy (non-hydrogen) atoms. The predicted molar refractivity (Wildman–Crippen MR) is 212 cm³/mol. The van der Waals surface area contributed by atoms with Gasteiger partial charge in [-0.3, -0.25) is 0 Å². The molecule has 0 bridgehead atoms. The van der Waals surface area contributed by atoms with Crippen molar-refractivity contribution in [1.29, 1.82) is 0 Å². The molecular weight excluding hydrogens is 585 g/mol. The zero-order valence-corrected chi connectivity index (χ0v) is 28.7. The van der Waals surface area contributed by atoms with Gasteiger partial charge >= 0.3 is 0 Å². The van der Waals surface area contributed by atoms with Crippen molar-refractivity contribution in [2.45, 2.75) is 24.7 Å². The van der Waals surface area contributed by atoms with Crippen LogP contribution in [0, 0.1) is 0 Å². The van der Waals surface area contributed by atoms with Crippen molar-refractivity contribution in [3.8, 4) is 33.4 Å². The Morgan fingerprint density at radius 3 is 1.66 bits per heavy atom. The van der Waals surface area contributed by atoms with Crippen LogP contribution in [0.3, 0.4) is 0 Å². The minimum absolute atomic E-state index is 0.914. The van der Waals surface area contributed by atoms with Gasteiger partial charge in [0.2, 0.25) is 0 Å². The average Bonchev–Trinajstić information content (AvgIpc) is 3.10. The molecule has 0 fully saturated rings. The Morgan fingerprint density at radius 2 is 1.09 bits per heavy atom. The molecule has 0 spiro atoms. The van der Waals surface area contributed by atoms with Crippen LogP contribution in [-0.4, -0.2) is 18.8 Å². The molecule has 0 amide bonds. The Morgan fingerprint density at radius 1 is 0.553 bits per heavy atom. The third-order valence-electron chi connectivity index (χ3n) is 9.28. The van der Waals surface area contributed by atoms with E-state index in [2.05, 4.69) is 172 Å². The quantitative estimate of drug-likeness (QED) is 0.116. The van der Waals surface area contributed by atoms with E-state index in [9.17, 15) is 0 Å². The van der Waals surface area contributed by atoms with Crippen molar-refractivity contribution in [1.82, 2.24) is 0 Å². The first kappa shape index (κ1) is 30.8. The van der Waals surface area contributed by atoms with Gasteiger partial charge in [-0.05, 0) is 131 Å². The van der Waals surface area contributed by atoms with Crippen molar-refractivity contribution >= 4 is 47.9 Å². The largest absolute Gasteiger partial charge is 0.223 e. The average molecular weight is 627 g/mol. The number of fused-ring (bicyclic) bond motifs is 3. The maximum Gasteiger partial charge on any atom is -0.00201 e. The van der Waals surface area contributed by atoms with Crippen LogP contribution in [0.4, 0.5) is 0 Å². The summed E-state index contributed by atoms with van der Waals surface area (Å²) in [6.45, 7) is 6.45. The van der Waals surface area contributed by atoms with Crippen molar-refractivity contribution in [2.24, 2.45) is 0 Å². The number of rotatable bonds is 8. The fourth-order valence-corrected chi connectivity index (χ4v) is 8.42. The first-order valence-electron chi connectivity index (χ1n) is 16.6. The second-order valence-electron chi connectivity index (χ2n) is 13.2. The summed E-state index contributed by atoms with van der Waals surface area (Å²) in [4.78, 5) is 1.46. The minimum Gasteiger partial charge on any atom is -0.223 e. The first-order valence-corrected chi connectivity index (χ1v) is 19.4. The van der Waals surface area contributed by atoms with Gasteiger partial charge in [-0.1, -0.05) is 141 Å². The second-order valence-corrected chi connectivity index (χ2v) is 17.3. The number of hydrogen-bond donors (Lipinski definition) is 0. The molecule has 0 aliphatic carbocycles. The molecule has 0 atom stereocenters. The summed E-state index contributed by atoms with van der Waals surface area (Å²) in [5.74, 6) is 0. The molecule has 0 saturated heterocycles. The van der Waals surface area contributed by atoms with Crippen LogP contribution >= 0.6 is 10.0 Å². The molecular formula is C46H42S. The molecule has 1 heteroatoms. The molecule has 7 aromatic rings. The topological polar surface area (TPSA) is 0 Å². The SMILES string of the molecule is C=C/C(=C\CCC)c1cc(-c2ccccc2)cc(-c2c3ccccc3c(-c3ccc(S(C)(C)C)c4ccccc34)c3ccccc23)c1. The monoisotopic (exact) mass is 626 g/mol. The lowest BCUT2D eigenvalue weighted by Gasteiger charge is -2.28. The third kappa shape index (κ3) is 5.70. The number of allylic oxidation sites excluding steroid dienone is 3. The highest BCUT2D eigenvalue weighted by atomic mass is 32.3. The molecule has 232 valence electrons. The van der Waals surface area contributed by atoms with Gasteiger partial charge in [0.05, 0.1) is 0 Å². The maximum atomic E-state index is 4.22. The Bertz CT molecular complexity index is 2240. The van der Waals surface area contributed by atoms with E-state index in [0.29, 0.717) is 0 Å². The number of hydrogen-bond acceptors (Lipinski definition) is 0. The predicted octanol–water partition coefficient (Wildman–Crippen LogP) is 13.6. The van der Waals surface area contributed by atoms with E-state index in [1.807, 2.05) is 6.08 Å². The molecule has 0 unspecified atom stereocenters. The van der Waals surface area contributed by atoms with E-state index in [1.54, 1.807) is 0 Å². The Balaban J connectivity index is 1.58. The lowest BCUT2D eigenvalue weighted by molar-refractivity contribution is 0.960. The van der Waals surface area contributed by atoms with Crippen LogP contribution in [0.1, 0.15) is 25.3 Å². The zero-order valence-electron chi connectivity index (χ0n) is 27.9. The highest BCUT2D eigenvalue weighted by molar-refractivity contribution is 8.32. The van der Waals surface area contributed by atoms with Gasteiger partial charge in [0.25, 0.3) is 0 Å². The van der Waals surface area contributed by atoms with Gasteiger partial charge in [-0.25, -0.2) is 10.0 Å². The molecule has 0 nitrogen and oxygen atoms in total. The van der Waals surface area contributed by atoms with Crippen LogP contribution in [-0.2, 0) is 0 Å². The summed E-state index contributed by atoms with van der Waals surface area (Å²) in [6, 6.07) is 49.6. The van der Waals surface area contributed by atoms with Gasteiger partial charge in [0.15, 0.2) is 0 Å². The van der Waals surface area contributed by atoms with Crippen molar-refractivity contribution in [3.05, 3.63) is 158 Å². The first-order chi connectivity index (χ1) is 22.9. The van der Waals surface area contributed by atoms with E-state index in [-0.39, 0.29) is 0 Å². The van der Waals surface area contributed by atoms with Crippen LogP contribution in [0.15, 0.2) is 157 Å². The summed E-state index contributed by atoms with van der Waals surface area (Å²) in [5.41, 5.74) is 9.91. The fourth-order valence-electron chi connectivity index (χ4n) is 7.11. The van der Waals surface area contributed by atoms with Crippen LogP contribution < -0.4 is 0 Å². The molecule has 0 aliphatic heterocycles. The minimum atomic E-state index is -0.914. The Labute approximate surface area is 281 Å². The zero-order chi connectivity index (χ0) is 32.5. The normalized spacial score (nSPS) is 12.6. The van der Waals surface area contributed by atoms with E-state index in [0.717, 1.165) is 12.8 Å². The van der Waals surface area contributed by atoms with E-state index in [4.69, 9.17) is 0 Å². The molecule has 0 saturated carbocycles. The van der Waals surface area contributed by atoms with Gasteiger partial charge in [0.1, 0.15) is 0 Å². The van der Waals surface area contributed by atoms with E-state index < -0.39 is 10.0 Å². The smallest absolute Gasteiger partial charge is 0.00201 e. The Hall–Kier alpha value is -4.85. The highest BCUT2D eigenvalue weighted by Gasteiger charge is 2.21. The van der Waals surface area contributed by atoms with Crippen molar-refractivity contribution < 1.29 is 0 Å². The van der Waals surface area contributed by atoms with Gasteiger partial charge in [-0.15, -0.1) is 0 Å². The lowest BCUT2D eigenvalue weighted by atomic mass is 9.83. The third-order valence-corrected chi connectivity index (χ3v) is 11.0. The summed E-state index contributed by atoms with van der Waals surface area (Å²) in [7, 11) is -0.914. The summed E-state index contributed by atoms with van der Waals surface area (Å²) < 4.78 is 0. The molecule has 0 radical (unpaired) electrons. The molecule has 0 aliphatic rings. The summed E-state index contributed by atoms with van der Waals surface area (Å²) in [6.07, 6.45) is 13.6. The Kier molecular flexibility index (Phi) is 8.35. The standard InChI is InChI=1S/C46H42S/c1-6-8-18-32(7-2)34-29-35(33-19-10-9-11-20-33)31-36(30-34)45-39-23-14-16-25-41(39)46(42-26-17-15-24-40(42)45)43-27-28-44(47(3,4)5)38-22-13-12-21-37(38)43/h7,9-31H,2,6,8H2,1,3-5H3/b32-18+. The highest BCUT2D eigenvalue weighted by Crippen LogP contribution is 2.52. The van der Waals surface area contributed by atoms with Gasteiger partial charge < -0.3 is 0 Å². The van der Waals surface area contributed by atoms with E-state index in [1.165, 1.54) is 81.7 Å². The van der Waals surface area contributed by atoms with Crippen LogP contribution in [0.25, 0.3) is 71.3 Å². The maximum absolute atomic E-state index is 4.22. The van der Waals surface area contributed by atoms with Gasteiger partial charge in [-0.2, -0.15) is 0 Å². The number of benzene rings is 7. The number of unbranched alkanes of at least 4 members (excludes halogenated alkanes) is 1. The molecule has 0 aromatic heterocycles. The van der Waals surface area contributed by atoms with Crippen molar-refractivity contribution in [2.75, 3.05) is 18.8 Å². The van der Waals surface area contributed by atoms with Crippen LogP contribution in [0.5, 0.6) is 0 Å². The summed E-state index contributed by atoms with van der Waals surface area (Å²) in [5, 5.41) is 7.77. The molecule has 7 rings (SSSR count). The second kappa shape index (κ2) is 12.7. The fraction of sp³-hybridized carbons (Fsp3) is 0.130. The van der Waals surface area contributed by atoms with Gasteiger partial charge in [0, 0.05) is 0 Å². The molecule has 7 aromatic carbocycles. The lowest BCUT2D eigenvalue weighted by Crippen LogP contribution is -1.97. The molecule has 0 N–H and O–H groups in total. The summed E-state index contributed by atoms with van der Waals surface area (Å²) >= 11 is 0. The van der Waals surface area contributed by atoms with E-state index >= 15 is 0 Å². The van der Waals surface area contributed by atoms with Crippen molar-refractivity contribution in [3.63, 3.8) is 0 Å². The molecule has 0 heterocycles. The van der Waals surface area contributed by atoms with Crippen LogP contribution in [0.2, 0.25) is 0 Å².